The number of carbonyl (C=O) groups is 3. The molecule has 13 nitrogen and oxygen atoms in total. The third kappa shape index (κ3) is 8.38. The molecule has 4 aromatic rings. The van der Waals surface area contributed by atoms with Gasteiger partial charge in [0.25, 0.3) is 11.8 Å². The Hall–Kier alpha value is -4.99. The summed E-state index contributed by atoms with van der Waals surface area (Å²) in [7, 11) is 6.85. The molecule has 0 spiro atoms. The van der Waals surface area contributed by atoms with Crippen molar-refractivity contribution in [3.63, 3.8) is 0 Å². The molecule has 0 aliphatic carbocycles. The fourth-order valence-electron chi connectivity index (χ4n) is 6.40. The van der Waals surface area contributed by atoms with E-state index in [1.54, 1.807) is 60.7 Å². The van der Waals surface area contributed by atoms with Crippen molar-refractivity contribution in [3.8, 4) is 22.4 Å². The van der Waals surface area contributed by atoms with Gasteiger partial charge in [-0.25, -0.2) is 13.8 Å². The van der Waals surface area contributed by atoms with Crippen molar-refractivity contribution in [2.24, 2.45) is 7.05 Å². The van der Waals surface area contributed by atoms with E-state index in [1.165, 1.54) is 29.1 Å². The highest BCUT2D eigenvalue weighted by Gasteiger charge is 2.27. The third-order valence-corrected chi connectivity index (χ3v) is 9.35. The van der Waals surface area contributed by atoms with Crippen LogP contribution in [-0.2, 0) is 23.1 Å². The van der Waals surface area contributed by atoms with Crippen LogP contribution in [0.4, 0.5) is 14.5 Å². The number of rotatable bonds is 13. The second-order valence-electron chi connectivity index (χ2n) is 13.3. The van der Waals surface area contributed by atoms with E-state index in [-0.39, 0.29) is 40.9 Å². The zero-order valence-corrected chi connectivity index (χ0v) is 30.4. The van der Waals surface area contributed by atoms with Crippen molar-refractivity contribution in [1.29, 1.82) is 0 Å². The fourth-order valence-corrected chi connectivity index (χ4v) is 6.40. The monoisotopic (exact) mass is 720 g/mol. The fraction of sp³-hybridized carbons (Fsp3) is 0.432. The molecule has 278 valence electrons. The molecule has 1 saturated heterocycles. The summed E-state index contributed by atoms with van der Waals surface area (Å²) < 4.78 is 39.1. The largest absolute Gasteiger partial charge is 0.392 e. The van der Waals surface area contributed by atoms with E-state index in [0.29, 0.717) is 80.4 Å². The summed E-state index contributed by atoms with van der Waals surface area (Å²) in [4.78, 5) is 48.8. The first kappa shape index (κ1) is 38.2. The van der Waals surface area contributed by atoms with Crippen molar-refractivity contribution < 1.29 is 33.0 Å². The van der Waals surface area contributed by atoms with Crippen LogP contribution in [-0.4, -0.2) is 123 Å². The number of imidazole rings is 1. The lowest BCUT2D eigenvalue weighted by atomic mass is 10.0. The molecule has 1 aliphatic rings. The predicted molar refractivity (Wildman–Crippen MR) is 192 cm³/mol. The molecule has 2 aromatic heterocycles. The molecule has 1 fully saturated rings. The van der Waals surface area contributed by atoms with Crippen molar-refractivity contribution in [3.05, 3.63) is 77.0 Å². The number of aryl methyl sites for hydroxylation is 1. The SMILES string of the molecule is COCCn1ncc(-c2ccc(-c3cnc(C(=O)Nc4ccc(C(=O)N5CCN(C(=O)CC[C@@H](O)CN(C)C)CC5)c(C)c4)n3C)c(F)c2F)c1C. The van der Waals surface area contributed by atoms with Crippen LogP contribution in [0.3, 0.4) is 0 Å². The number of hydrogen-bond acceptors (Lipinski definition) is 8. The number of amides is 3. The zero-order valence-electron chi connectivity index (χ0n) is 30.4. The Morgan fingerprint density at radius 1 is 0.981 bits per heavy atom. The van der Waals surface area contributed by atoms with Gasteiger partial charge in [-0.2, -0.15) is 5.10 Å². The van der Waals surface area contributed by atoms with Gasteiger partial charge in [-0.05, 0) is 64.2 Å². The Balaban J connectivity index is 1.21. The summed E-state index contributed by atoms with van der Waals surface area (Å²) in [6.07, 6.45) is 2.87. The van der Waals surface area contributed by atoms with Crippen molar-refractivity contribution >= 4 is 23.4 Å². The molecule has 15 heteroatoms. The topological polar surface area (TPSA) is 138 Å². The van der Waals surface area contributed by atoms with Crippen LogP contribution in [0.1, 0.15) is 45.1 Å². The molecule has 1 aliphatic heterocycles. The van der Waals surface area contributed by atoms with Gasteiger partial charge in [-0.1, -0.05) is 6.07 Å². The van der Waals surface area contributed by atoms with Crippen LogP contribution in [0.25, 0.3) is 22.4 Å². The highest BCUT2D eigenvalue weighted by molar-refractivity contribution is 6.03. The van der Waals surface area contributed by atoms with E-state index in [2.05, 4.69) is 15.4 Å². The van der Waals surface area contributed by atoms with E-state index in [4.69, 9.17) is 4.74 Å². The summed E-state index contributed by atoms with van der Waals surface area (Å²) in [5.74, 6) is -2.91. The average Bonchev–Trinajstić information content (AvgIpc) is 3.68. The van der Waals surface area contributed by atoms with E-state index in [1.807, 2.05) is 19.0 Å². The van der Waals surface area contributed by atoms with Gasteiger partial charge >= 0.3 is 0 Å². The lowest BCUT2D eigenvalue weighted by molar-refractivity contribution is -0.133. The van der Waals surface area contributed by atoms with Gasteiger partial charge in [0, 0.05) is 86.9 Å². The number of hydrogen-bond donors (Lipinski definition) is 2. The number of aliphatic hydroxyl groups is 1. The Bertz CT molecular complexity index is 1930. The minimum atomic E-state index is -1.07. The van der Waals surface area contributed by atoms with Crippen LogP contribution >= 0.6 is 0 Å². The molecule has 0 unspecified atom stereocenters. The third-order valence-electron chi connectivity index (χ3n) is 9.35. The molecule has 3 heterocycles. The summed E-state index contributed by atoms with van der Waals surface area (Å²) in [6, 6.07) is 7.88. The molecule has 1 atom stereocenters. The van der Waals surface area contributed by atoms with E-state index >= 15 is 8.78 Å². The standard InChI is InChI=1S/C37H46F2N8O5/c1-23-19-25(7-9-27(23)37(51)46-15-13-45(14-16-46)32(49)12-8-26(48)22-43(3)4)42-36(50)35-40-21-31(44(35)5)29-11-10-28(33(38)34(29)39)30-20-41-47(24(30)2)17-18-52-6/h7,9-11,19-21,26,48H,8,12-18,22H2,1-6H3,(H,42,50)/t26-/m1/s1. The maximum absolute atomic E-state index is 15.5. The number of benzene rings is 2. The molecule has 2 aromatic carbocycles. The smallest absolute Gasteiger partial charge is 0.291 e. The summed E-state index contributed by atoms with van der Waals surface area (Å²) in [5.41, 5.74) is 2.91. The van der Waals surface area contributed by atoms with Gasteiger partial charge in [0.15, 0.2) is 17.5 Å². The average molecular weight is 721 g/mol. The van der Waals surface area contributed by atoms with Gasteiger partial charge < -0.3 is 34.4 Å². The Morgan fingerprint density at radius 2 is 1.65 bits per heavy atom. The van der Waals surface area contributed by atoms with Crippen molar-refractivity contribution in [1.82, 2.24) is 34.0 Å². The molecule has 2 N–H and O–H groups in total. The summed E-state index contributed by atoms with van der Waals surface area (Å²) >= 11 is 0. The second-order valence-corrected chi connectivity index (χ2v) is 13.3. The lowest BCUT2D eigenvalue weighted by Gasteiger charge is -2.35. The second kappa shape index (κ2) is 16.6. The molecular formula is C37H46F2N8O5. The number of ether oxygens (including phenoxy) is 1. The Labute approximate surface area is 301 Å². The molecule has 3 amide bonds. The number of halogens is 2. The van der Waals surface area contributed by atoms with Crippen LogP contribution in [0.5, 0.6) is 0 Å². The number of aromatic nitrogens is 4. The van der Waals surface area contributed by atoms with Gasteiger partial charge in [0.2, 0.25) is 5.91 Å². The zero-order chi connectivity index (χ0) is 37.7. The van der Waals surface area contributed by atoms with E-state index in [9.17, 15) is 19.5 Å². The number of methoxy groups -OCH3 is 1. The number of piperazine rings is 1. The Kier molecular flexibility index (Phi) is 12.2. The predicted octanol–water partition coefficient (Wildman–Crippen LogP) is 3.73. The maximum Gasteiger partial charge on any atom is 0.291 e. The number of nitrogens with zero attached hydrogens (tertiary/aromatic N) is 7. The minimum Gasteiger partial charge on any atom is -0.392 e. The first-order valence-corrected chi connectivity index (χ1v) is 17.1. The quantitative estimate of drug-likeness (QED) is 0.213. The van der Waals surface area contributed by atoms with Gasteiger partial charge in [-0.3, -0.25) is 19.1 Å². The summed E-state index contributed by atoms with van der Waals surface area (Å²) in [6.45, 7) is 6.53. The molecule has 52 heavy (non-hydrogen) atoms. The first-order valence-electron chi connectivity index (χ1n) is 17.1. The van der Waals surface area contributed by atoms with Crippen molar-refractivity contribution in [2.45, 2.75) is 39.3 Å². The number of anilines is 1. The number of nitrogens with one attached hydrogen (secondary N) is 1. The lowest BCUT2D eigenvalue weighted by Crippen LogP contribution is -2.50. The normalized spacial score (nSPS) is 13.9. The van der Waals surface area contributed by atoms with E-state index < -0.39 is 23.6 Å². The van der Waals surface area contributed by atoms with Gasteiger partial charge in [-0.15, -0.1) is 0 Å². The molecule has 0 radical (unpaired) electrons. The van der Waals surface area contributed by atoms with Crippen LogP contribution in [0.15, 0.2) is 42.7 Å². The first-order chi connectivity index (χ1) is 24.8. The van der Waals surface area contributed by atoms with Gasteiger partial charge in [0.05, 0.1) is 37.3 Å². The van der Waals surface area contributed by atoms with Gasteiger partial charge in [0.1, 0.15) is 0 Å². The number of aliphatic hydroxyl groups excluding tert-OH is 1. The van der Waals surface area contributed by atoms with Crippen molar-refractivity contribution in [2.75, 3.05) is 65.9 Å². The summed E-state index contributed by atoms with van der Waals surface area (Å²) in [5, 5.41) is 17.1. The van der Waals surface area contributed by atoms with Crippen LogP contribution < -0.4 is 5.32 Å². The number of carbonyl (C=O) groups excluding carboxylic acids is 3. The Morgan fingerprint density at radius 3 is 2.33 bits per heavy atom. The molecular weight excluding hydrogens is 674 g/mol. The van der Waals surface area contributed by atoms with E-state index in [0.717, 1.165) is 0 Å². The van der Waals surface area contributed by atoms with Crippen LogP contribution in [0, 0.1) is 25.5 Å². The highest BCUT2D eigenvalue weighted by Crippen LogP contribution is 2.33. The van der Waals surface area contributed by atoms with Crippen LogP contribution in [0.2, 0.25) is 0 Å². The highest BCUT2D eigenvalue weighted by atomic mass is 19.2. The molecule has 0 saturated carbocycles. The minimum absolute atomic E-state index is 0.0217. The number of likely N-dealkylation sites (N-methyl/N-ethyl adjacent to an activating group) is 1. The molecule has 5 rings (SSSR count). The maximum atomic E-state index is 15.5. The molecule has 0 bridgehead atoms.